The normalized spacial score (nSPS) is 10.5. The van der Waals surface area contributed by atoms with Crippen LogP contribution in [-0.4, -0.2) is 9.97 Å². The molecule has 0 bridgehead atoms. The summed E-state index contributed by atoms with van der Waals surface area (Å²) >= 11 is 0. The maximum atomic E-state index is 5.76. The number of rotatable bonds is 4. The molecular formula is C39H30IrN2O-2. The van der Waals surface area contributed by atoms with E-state index in [1.165, 1.54) is 16.7 Å². The molecule has 43 heavy (non-hydrogen) atoms. The molecule has 7 rings (SSSR count). The summed E-state index contributed by atoms with van der Waals surface area (Å²) in [7, 11) is 0. The van der Waals surface area contributed by atoms with Gasteiger partial charge in [-0.15, -0.1) is 59.7 Å². The van der Waals surface area contributed by atoms with E-state index in [1.54, 1.807) is 0 Å². The molecule has 0 aliphatic heterocycles. The van der Waals surface area contributed by atoms with Gasteiger partial charge in [0.2, 0.25) is 0 Å². The van der Waals surface area contributed by atoms with Crippen molar-refractivity contribution in [3.05, 3.63) is 157 Å². The predicted octanol–water partition coefficient (Wildman–Crippen LogP) is 10.1. The van der Waals surface area contributed by atoms with E-state index in [0.717, 1.165) is 55.9 Å². The van der Waals surface area contributed by atoms with Crippen LogP contribution in [0.25, 0.3) is 55.7 Å². The molecule has 213 valence electrons. The summed E-state index contributed by atoms with van der Waals surface area (Å²) in [6, 6.07) is 45.8. The first-order chi connectivity index (χ1) is 20.5. The molecule has 0 aliphatic carbocycles. The van der Waals surface area contributed by atoms with Crippen molar-refractivity contribution in [3.63, 3.8) is 0 Å². The van der Waals surface area contributed by atoms with Gasteiger partial charge < -0.3 is 14.4 Å². The number of fused-ring (bicyclic) bond motifs is 1. The van der Waals surface area contributed by atoms with Crippen molar-refractivity contribution in [2.45, 2.75) is 20.8 Å². The fraction of sp³-hybridized carbons (Fsp3) is 0.0769. The van der Waals surface area contributed by atoms with Gasteiger partial charge in [-0.05, 0) is 67.6 Å². The Bertz CT molecular complexity index is 1950. The van der Waals surface area contributed by atoms with Gasteiger partial charge in [-0.3, -0.25) is 0 Å². The second-order valence-electron chi connectivity index (χ2n) is 10.4. The minimum absolute atomic E-state index is 0. The molecule has 0 saturated heterocycles. The fourth-order valence-corrected chi connectivity index (χ4v) is 4.94. The molecule has 3 heterocycles. The molecular weight excluding hydrogens is 705 g/mol. The molecule has 0 amide bonds. The van der Waals surface area contributed by atoms with Crippen LogP contribution in [0.2, 0.25) is 0 Å². The second kappa shape index (κ2) is 13.6. The number of hydrogen-bond donors (Lipinski definition) is 0. The van der Waals surface area contributed by atoms with E-state index in [2.05, 4.69) is 95.8 Å². The Hall–Kier alpha value is -4.63. The average Bonchev–Trinajstić information content (AvgIpc) is 3.41. The largest absolute Gasteiger partial charge is 0.461 e. The van der Waals surface area contributed by atoms with Gasteiger partial charge in [0, 0.05) is 37.9 Å². The van der Waals surface area contributed by atoms with E-state index in [4.69, 9.17) is 4.42 Å². The molecule has 0 saturated carbocycles. The molecule has 1 radical (unpaired) electrons. The van der Waals surface area contributed by atoms with Crippen molar-refractivity contribution in [1.29, 1.82) is 0 Å². The van der Waals surface area contributed by atoms with Crippen molar-refractivity contribution in [2.24, 2.45) is 0 Å². The zero-order chi connectivity index (χ0) is 28.9. The van der Waals surface area contributed by atoms with Crippen molar-refractivity contribution in [3.8, 4) is 44.8 Å². The summed E-state index contributed by atoms with van der Waals surface area (Å²) in [4.78, 5) is 8.87. The van der Waals surface area contributed by atoms with Gasteiger partial charge in [-0.2, -0.15) is 0 Å². The summed E-state index contributed by atoms with van der Waals surface area (Å²) in [6.07, 6.45) is 3.72. The molecule has 0 spiro atoms. The Labute approximate surface area is 266 Å². The van der Waals surface area contributed by atoms with Crippen molar-refractivity contribution >= 4 is 11.0 Å². The van der Waals surface area contributed by atoms with E-state index in [9.17, 15) is 0 Å². The number of furan rings is 1. The molecule has 3 aromatic heterocycles. The third-order valence-electron chi connectivity index (χ3n) is 7.07. The van der Waals surface area contributed by atoms with Crippen LogP contribution in [-0.2, 0) is 20.1 Å². The fourth-order valence-electron chi connectivity index (χ4n) is 4.94. The van der Waals surface area contributed by atoms with Gasteiger partial charge in [0.05, 0.1) is 0 Å². The Kier molecular flexibility index (Phi) is 9.41. The molecule has 7 aromatic rings. The average molecular weight is 735 g/mol. The van der Waals surface area contributed by atoms with E-state index in [1.807, 2.05) is 74.8 Å². The summed E-state index contributed by atoms with van der Waals surface area (Å²) in [5.41, 5.74) is 11.9. The standard InChI is InChI=1S/C27H20NO.C12H10N.Ir/c1-18-12-13-28-26(14-18)22-8-10-24(20-6-4-3-5-7-20)25(17-22)21-9-11-27-23(16-21)15-19(2)29-27;1-10-7-8-12(13-9-10)11-5-3-2-4-6-11;/h3-7,9-17H,1-2H3;2-5,7-9H,1H3;/q2*-1;. The maximum Gasteiger partial charge on any atom is 0.134 e. The second-order valence-corrected chi connectivity index (χ2v) is 10.4. The van der Waals surface area contributed by atoms with Gasteiger partial charge in [0.25, 0.3) is 0 Å². The molecule has 4 heteroatoms. The number of aromatic nitrogens is 2. The van der Waals surface area contributed by atoms with Crippen LogP contribution in [0.3, 0.4) is 0 Å². The van der Waals surface area contributed by atoms with Crippen LogP contribution in [0.1, 0.15) is 16.9 Å². The first-order valence-corrected chi connectivity index (χ1v) is 14.0. The Morgan fingerprint density at radius 2 is 1.44 bits per heavy atom. The topological polar surface area (TPSA) is 38.9 Å². The number of benzene rings is 4. The Balaban J connectivity index is 0.000000221. The number of nitrogens with zero attached hydrogens (tertiary/aromatic N) is 2. The number of pyridine rings is 2. The first kappa shape index (κ1) is 29.8. The quantitative estimate of drug-likeness (QED) is 0.169. The number of hydrogen-bond acceptors (Lipinski definition) is 3. The zero-order valence-electron chi connectivity index (χ0n) is 24.3. The summed E-state index contributed by atoms with van der Waals surface area (Å²) in [5, 5.41) is 1.11. The molecule has 4 aromatic carbocycles. The number of aryl methyl sites for hydroxylation is 3. The van der Waals surface area contributed by atoms with Gasteiger partial charge in [-0.25, -0.2) is 0 Å². The zero-order valence-corrected chi connectivity index (χ0v) is 26.7. The molecule has 3 nitrogen and oxygen atoms in total. The van der Waals surface area contributed by atoms with Crippen LogP contribution >= 0.6 is 0 Å². The molecule has 0 aliphatic rings. The van der Waals surface area contributed by atoms with Crippen LogP contribution in [0.15, 0.2) is 132 Å². The predicted molar refractivity (Wildman–Crippen MR) is 172 cm³/mol. The third kappa shape index (κ3) is 7.06. The summed E-state index contributed by atoms with van der Waals surface area (Å²) in [5.74, 6) is 0.923. The van der Waals surface area contributed by atoms with Gasteiger partial charge in [0.15, 0.2) is 0 Å². The van der Waals surface area contributed by atoms with Crippen LogP contribution < -0.4 is 0 Å². The molecule has 0 atom stereocenters. The van der Waals surface area contributed by atoms with Crippen molar-refractivity contribution in [2.75, 3.05) is 0 Å². The molecule has 0 fully saturated rings. The van der Waals surface area contributed by atoms with Gasteiger partial charge >= 0.3 is 0 Å². The van der Waals surface area contributed by atoms with Gasteiger partial charge in [0.1, 0.15) is 11.3 Å². The van der Waals surface area contributed by atoms with Gasteiger partial charge in [-0.1, -0.05) is 76.9 Å². The van der Waals surface area contributed by atoms with Crippen LogP contribution in [0.5, 0.6) is 0 Å². The molecule has 0 N–H and O–H groups in total. The SMILES string of the molecule is Cc1ccc(-c2[c-]cccc2)nc1.Cc1ccnc(-c2[c-]cc(-c3ccccc3)c(-c3ccc4oc(C)cc4c3)c2)c1.[Ir]. The maximum absolute atomic E-state index is 5.76. The summed E-state index contributed by atoms with van der Waals surface area (Å²) in [6.45, 7) is 6.10. The van der Waals surface area contributed by atoms with Crippen molar-refractivity contribution in [1.82, 2.24) is 9.97 Å². The van der Waals surface area contributed by atoms with Crippen LogP contribution in [0.4, 0.5) is 0 Å². The van der Waals surface area contributed by atoms with Crippen molar-refractivity contribution < 1.29 is 24.5 Å². The minimum atomic E-state index is 0. The van der Waals surface area contributed by atoms with E-state index in [0.29, 0.717) is 0 Å². The minimum Gasteiger partial charge on any atom is -0.461 e. The third-order valence-corrected chi connectivity index (χ3v) is 7.07. The Morgan fingerprint density at radius 1 is 0.605 bits per heavy atom. The first-order valence-electron chi connectivity index (χ1n) is 14.0. The van der Waals surface area contributed by atoms with E-state index < -0.39 is 0 Å². The van der Waals surface area contributed by atoms with Crippen LogP contribution in [0, 0.1) is 32.9 Å². The van der Waals surface area contributed by atoms with E-state index >= 15 is 0 Å². The summed E-state index contributed by atoms with van der Waals surface area (Å²) < 4.78 is 5.76. The molecule has 0 unspecified atom stereocenters. The van der Waals surface area contributed by atoms with E-state index in [-0.39, 0.29) is 20.1 Å². The Morgan fingerprint density at radius 3 is 2.19 bits per heavy atom. The smallest absolute Gasteiger partial charge is 0.134 e. The monoisotopic (exact) mass is 735 g/mol.